The highest BCUT2D eigenvalue weighted by atomic mass is 19.1. The predicted molar refractivity (Wildman–Crippen MR) is 76.0 cm³/mol. The number of aromatic carboxylic acids is 1. The smallest absolute Gasteiger partial charge is 0.338 e. The van der Waals surface area contributed by atoms with E-state index in [4.69, 9.17) is 10.8 Å². The van der Waals surface area contributed by atoms with Crippen molar-refractivity contribution in [2.75, 3.05) is 11.2 Å². The lowest BCUT2D eigenvalue weighted by atomic mass is 10.00. The maximum atomic E-state index is 13.7. The molecule has 2 atom stereocenters. The van der Waals surface area contributed by atoms with Gasteiger partial charge in [0.2, 0.25) is 0 Å². The molecule has 1 aromatic rings. The van der Waals surface area contributed by atoms with E-state index in [1.165, 1.54) is 6.42 Å². The highest BCUT2D eigenvalue weighted by molar-refractivity contribution is 5.90. The number of piperidine rings is 1. The first-order valence-electron chi connectivity index (χ1n) is 6.77. The van der Waals surface area contributed by atoms with Crippen LogP contribution in [-0.2, 0) is 0 Å². The lowest BCUT2D eigenvalue weighted by Gasteiger charge is -2.39. The minimum atomic E-state index is -1.32. The van der Waals surface area contributed by atoms with Crippen LogP contribution < -0.4 is 11.2 Å². The summed E-state index contributed by atoms with van der Waals surface area (Å²) in [6.07, 6.45) is 3.29. The van der Waals surface area contributed by atoms with Crippen LogP contribution in [0.3, 0.4) is 0 Å². The predicted octanol–water partition coefficient (Wildman–Crippen LogP) is 2.70. The quantitative estimate of drug-likeness (QED) is 0.742. The number of benzene rings is 1. The molecule has 6 heteroatoms. The van der Waals surface area contributed by atoms with Gasteiger partial charge in [0.25, 0.3) is 0 Å². The molecule has 1 aliphatic heterocycles. The van der Waals surface area contributed by atoms with Crippen LogP contribution in [0, 0.1) is 5.82 Å². The number of carboxylic acids is 1. The van der Waals surface area contributed by atoms with E-state index >= 15 is 0 Å². The number of hydrogen-bond acceptors (Lipinski definition) is 4. The van der Waals surface area contributed by atoms with Crippen molar-refractivity contribution in [3.05, 3.63) is 23.5 Å². The monoisotopic (exact) mass is 281 g/mol. The Labute approximate surface area is 117 Å². The van der Waals surface area contributed by atoms with Crippen molar-refractivity contribution in [1.29, 1.82) is 0 Å². The molecule has 5 nitrogen and oxygen atoms in total. The molecule has 0 aromatic heterocycles. The van der Waals surface area contributed by atoms with Crippen LogP contribution in [0.15, 0.2) is 12.1 Å². The average molecular weight is 281 g/mol. The molecule has 0 radical (unpaired) electrons. The molecule has 1 fully saturated rings. The first kappa shape index (κ1) is 14.6. The molecule has 0 amide bonds. The number of nitrogen functional groups attached to an aromatic ring is 1. The number of nitrogens with one attached hydrogen (secondary N) is 1. The van der Waals surface area contributed by atoms with Crippen LogP contribution in [-0.4, -0.2) is 28.2 Å². The topological polar surface area (TPSA) is 78.6 Å². The van der Waals surface area contributed by atoms with Crippen LogP contribution in [0.25, 0.3) is 0 Å². The molecule has 1 heterocycles. The fraction of sp³-hybridized carbons (Fsp3) is 0.500. The Bertz CT molecular complexity index is 511. The minimum absolute atomic E-state index is 0.230. The van der Waals surface area contributed by atoms with Crippen molar-refractivity contribution in [2.24, 2.45) is 0 Å². The van der Waals surface area contributed by atoms with Gasteiger partial charge in [0.05, 0.1) is 16.9 Å². The summed E-state index contributed by atoms with van der Waals surface area (Å²) < 4.78 is 13.7. The van der Waals surface area contributed by atoms with Crippen LogP contribution in [0.1, 0.15) is 43.5 Å². The lowest BCUT2D eigenvalue weighted by Crippen LogP contribution is -2.47. The fourth-order valence-electron chi connectivity index (χ4n) is 2.63. The largest absolute Gasteiger partial charge is 0.478 e. The number of nitrogens with zero attached hydrogens (tertiary/aromatic N) is 1. The summed E-state index contributed by atoms with van der Waals surface area (Å²) >= 11 is 0. The van der Waals surface area contributed by atoms with Gasteiger partial charge in [-0.3, -0.25) is 0 Å². The summed E-state index contributed by atoms with van der Waals surface area (Å²) in [5.74, 6) is -2.10. The molecule has 4 N–H and O–H groups in total. The van der Waals surface area contributed by atoms with Gasteiger partial charge in [-0.2, -0.15) is 0 Å². The molecule has 110 valence electrons. The fourth-order valence-corrected chi connectivity index (χ4v) is 2.63. The van der Waals surface area contributed by atoms with Crippen LogP contribution in [0.2, 0.25) is 0 Å². The Kier molecular flexibility index (Phi) is 4.13. The van der Waals surface area contributed by atoms with Gasteiger partial charge in [-0.05, 0) is 32.8 Å². The van der Waals surface area contributed by atoms with Crippen molar-refractivity contribution in [3.8, 4) is 0 Å². The minimum Gasteiger partial charge on any atom is -0.478 e. The zero-order valence-electron chi connectivity index (χ0n) is 11.7. The second kappa shape index (κ2) is 5.66. The Morgan fingerprint density at radius 1 is 1.40 bits per heavy atom. The number of halogens is 1. The maximum Gasteiger partial charge on any atom is 0.338 e. The van der Waals surface area contributed by atoms with E-state index in [0.29, 0.717) is 17.8 Å². The van der Waals surface area contributed by atoms with Gasteiger partial charge in [0.1, 0.15) is 5.82 Å². The van der Waals surface area contributed by atoms with Crippen molar-refractivity contribution in [3.63, 3.8) is 0 Å². The molecular formula is C14H20FN3O2. The number of carbonyl (C=O) groups is 1. The van der Waals surface area contributed by atoms with Gasteiger partial charge >= 0.3 is 5.97 Å². The zero-order valence-corrected chi connectivity index (χ0v) is 11.7. The normalized spacial score (nSPS) is 23.6. The number of nitrogens with two attached hydrogens (primary N) is 1. The summed E-state index contributed by atoms with van der Waals surface area (Å²) in [5.41, 5.74) is 9.18. The summed E-state index contributed by atoms with van der Waals surface area (Å²) in [6.45, 7) is 4.20. The van der Waals surface area contributed by atoms with E-state index < -0.39 is 17.3 Å². The molecule has 2 unspecified atom stereocenters. The van der Waals surface area contributed by atoms with Crippen LogP contribution in [0.5, 0.6) is 0 Å². The first-order chi connectivity index (χ1) is 9.40. The molecule has 0 bridgehead atoms. The second-order valence-corrected chi connectivity index (χ2v) is 5.37. The van der Waals surface area contributed by atoms with E-state index in [9.17, 15) is 9.18 Å². The molecule has 1 saturated heterocycles. The van der Waals surface area contributed by atoms with Gasteiger partial charge in [0, 0.05) is 18.2 Å². The Morgan fingerprint density at radius 2 is 2.00 bits per heavy atom. The lowest BCUT2D eigenvalue weighted by molar-refractivity contribution is 0.0692. The Balaban J connectivity index is 2.25. The van der Waals surface area contributed by atoms with Gasteiger partial charge < -0.3 is 16.3 Å². The Hall–Kier alpha value is -1.82. The molecule has 0 spiro atoms. The van der Waals surface area contributed by atoms with Crippen molar-refractivity contribution in [1.82, 2.24) is 5.01 Å². The van der Waals surface area contributed by atoms with E-state index in [1.54, 1.807) is 0 Å². The molecule has 20 heavy (non-hydrogen) atoms. The second-order valence-electron chi connectivity index (χ2n) is 5.37. The summed E-state index contributed by atoms with van der Waals surface area (Å²) in [5, 5.41) is 10.9. The maximum absolute atomic E-state index is 13.7. The molecule has 2 rings (SSSR count). The third-order valence-electron chi connectivity index (χ3n) is 3.81. The highest BCUT2D eigenvalue weighted by Crippen LogP contribution is 2.28. The van der Waals surface area contributed by atoms with E-state index in [1.807, 2.05) is 0 Å². The molecule has 1 aromatic carbocycles. The van der Waals surface area contributed by atoms with Gasteiger partial charge in [-0.15, -0.1) is 0 Å². The van der Waals surface area contributed by atoms with E-state index in [-0.39, 0.29) is 5.69 Å². The first-order valence-corrected chi connectivity index (χ1v) is 6.77. The summed E-state index contributed by atoms with van der Waals surface area (Å²) in [6, 6.07) is 2.94. The van der Waals surface area contributed by atoms with E-state index in [2.05, 4.69) is 24.3 Å². The average Bonchev–Trinajstić information content (AvgIpc) is 2.37. The number of rotatable bonds is 3. The summed E-state index contributed by atoms with van der Waals surface area (Å²) in [7, 11) is 0. The molecule has 1 aliphatic rings. The number of anilines is 2. The SMILES string of the molecule is CC1CCCC(C)N1Nc1cc(F)c(C(=O)O)cc1N. The molecule has 0 aliphatic carbocycles. The standard InChI is InChI=1S/C14H20FN3O2/c1-8-4-3-5-9(2)18(8)17-13-7-11(15)10(14(19)20)6-12(13)16/h6-9,17H,3-5,16H2,1-2H3,(H,19,20). The van der Waals surface area contributed by atoms with Crippen LogP contribution in [0.4, 0.5) is 15.8 Å². The Morgan fingerprint density at radius 3 is 2.55 bits per heavy atom. The third-order valence-corrected chi connectivity index (χ3v) is 3.81. The van der Waals surface area contributed by atoms with Gasteiger partial charge in [-0.25, -0.2) is 14.2 Å². The van der Waals surface area contributed by atoms with Gasteiger partial charge in [-0.1, -0.05) is 6.42 Å². The van der Waals surface area contributed by atoms with Crippen LogP contribution >= 0.6 is 0 Å². The van der Waals surface area contributed by atoms with Crippen molar-refractivity contribution in [2.45, 2.75) is 45.2 Å². The van der Waals surface area contributed by atoms with Crippen molar-refractivity contribution >= 4 is 17.3 Å². The van der Waals surface area contributed by atoms with Crippen molar-refractivity contribution < 1.29 is 14.3 Å². The van der Waals surface area contributed by atoms with E-state index in [0.717, 1.165) is 25.0 Å². The molecular weight excluding hydrogens is 261 g/mol. The third kappa shape index (κ3) is 2.85. The summed E-state index contributed by atoms with van der Waals surface area (Å²) in [4.78, 5) is 10.9. The number of hydrazine groups is 1. The number of hydrogen-bond donors (Lipinski definition) is 3. The van der Waals surface area contributed by atoms with Gasteiger partial charge in [0.15, 0.2) is 0 Å². The highest BCUT2D eigenvalue weighted by Gasteiger charge is 2.25. The molecule has 0 saturated carbocycles. The number of carboxylic acid groups (broad SMARTS) is 1. The zero-order chi connectivity index (χ0) is 14.9.